The lowest BCUT2D eigenvalue weighted by Gasteiger charge is -2.14. The molecule has 1 unspecified atom stereocenters. The predicted octanol–water partition coefficient (Wildman–Crippen LogP) is 4.07. The second kappa shape index (κ2) is 10.5. The van der Waals surface area contributed by atoms with Gasteiger partial charge in [-0.1, -0.05) is 56.2 Å². The third kappa shape index (κ3) is 5.53. The van der Waals surface area contributed by atoms with Crippen molar-refractivity contribution < 1.29 is 13.2 Å². The van der Waals surface area contributed by atoms with Gasteiger partial charge >= 0.3 is 0 Å². The molecule has 0 spiro atoms. The summed E-state index contributed by atoms with van der Waals surface area (Å²) in [4.78, 5) is 22.2. The third-order valence-electron chi connectivity index (χ3n) is 5.66. The van der Waals surface area contributed by atoms with E-state index in [9.17, 15) is 13.2 Å². The van der Waals surface area contributed by atoms with Crippen molar-refractivity contribution in [2.45, 2.75) is 50.5 Å². The van der Waals surface area contributed by atoms with Gasteiger partial charge in [0, 0.05) is 23.1 Å². The summed E-state index contributed by atoms with van der Waals surface area (Å²) in [6, 6.07) is 14.2. The maximum absolute atomic E-state index is 12.9. The summed E-state index contributed by atoms with van der Waals surface area (Å²) in [5.41, 5.74) is 3.67. The third-order valence-corrected chi connectivity index (χ3v) is 7.83. The number of sulfonamides is 1. The Morgan fingerprint density at radius 1 is 1.18 bits per heavy atom. The fourth-order valence-corrected chi connectivity index (χ4v) is 5.68. The van der Waals surface area contributed by atoms with Crippen LogP contribution in [0.2, 0.25) is 0 Å². The highest BCUT2D eigenvalue weighted by molar-refractivity contribution is 7.90. The number of amides is 1. The molecule has 2 N–H and O–H groups in total. The fraction of sp³-hybridized carbons (Fsp3) is 0.320. The van der Waals surface area contributed by atoms with Crippen molar-refractivity contribution in [2.24, 2.45) is 4.99 Å². The van der Waals surface area contributed by atoms with Crippen molar-refractivity contribution in [1.29, 1.82) is 0 Å². The minimum absolute atomic E-state index is 0.194. The van der Waals surface area contributed by atoms with Gasteiger partial charge in [0.25, 0.3) is 10.0 Å². The first kappa shape index (κ1) is 24.1. The van der Waals surface area contributed by atoms with Gasteiger partial charge in [-0.05, 0) is 37.5 Å². The van der Waals surface area contributed by atoms with Gasteiger partial charge in [0.05, 0.1) is 15.6 Å². The molecule has 1 aliphatic heterocycles. The zero-order valence-electron chi connectivity index (χ0n) is 19.2. The largest absolute Gasteiger partial charge is 0.354 e. The van der Waals surface area contributed by atoms with Gasteiger partial charge in [-0.25, -0.2) is 13.4 Å². The van der Waals surface area contributed by atoms with Gasteiger partial charge < -0.3 is 5.32 Å². The van der Waals surface area contributed by atoms with E-state index in [2.05, 4.69) is 32.1 Å². The lowest BCUT2D eigenvalue weighted by Crippen LogP contribution is -2.36. The lowest BCUT2D eigenvalue weighted by atomic mass is 10.1. The highest BCUT2D eigenvalue weighted by atomic mass is 32.2. The molecule has 34 heavy (non-hydrogen) atoms. The van der Waals surface area contributed by atoms with Crippen LogP contribution in [0.3, 0.4) is 0 Å². The van der Waals surface area contributed by atoms with E-state index in [0.717, 1.165) is 34.7 Å². The Labute approximate surface area is 204 Å². The number of thiazole rings is 1. The topological polar surface area (TPSA) is 101 Å². The summed E-state index contributed by atoms with van der Waals surface area (Å²) < 4.78 is 27.3. The number of hydrogen-bond acceptors (Lipinski definition) is 6. The highest BCUT2D eigenvalue weighted by Gasteiger charge is 2.31. The van der Waals surface area contributed by atoms with Crippen LogP contribution in [0.1, 0.15) is 42.3 Å². The number of hydrogen-bond donors (Lipinski definition) is 2. The molecule has 1 amide bonds. The molecule has 0 aliphatic carbocycles. The number of unbranched alkanes of at least 4 members (excludes halogenated alkanes) is 1. The number of carbonyl (C=O) groups excluding carboxylic acids is 1. The average Bonchev–Trinajstić information content (AvgIpc) is 3.37. The summed E-state index contributed by atoms with van der Waals surface area (Å²) in [5, 5.41) is 6.06. The second-order valence-electron chi connectivity index (χ2n) is 8.23. The van der Waals surface area contributed by atoms with Crippen molar-refractivity contribution in [3.8, 4) is 11.3 Å². The number of aromatic nitrogens is 1. The van der Waals surface area contributed by atoms with Crippen LogP contribution >= 0.6 is 11.3 Å². The number of aryl methyl sites for hydroxylation is 1. The molecule has 0 fully saturated rings. The molecule has 0 saturated carbocycles. The van der Waals surface area contributed by atoms with Crippen LogP contribution < -0.4 is 10.0 Å². The van der Waals surface area contributed by atoms with Crippen LogP contribution in [-0.4, -0.2) is 37.7 Å². The molecular weight excluding hydrogens is 468 g/mol. The van der Waals surface area contributed by atoms with Crippen LogP contribution in [0.4, 0.5) is 0 Å². The minimum atomic E-state index is -3.64. The van der Waals surface area contributed by atoms with E-state index in [0.29, 0.717) is 24.9 Å². The van der Waals surface area contributed by atoms with E-state index in [1.165, 1.54) is 0 Å². The van der Waals surface area contributed by atoms with Gasteiger partial charge in [0.15, 0.2) is 0 Å². The Kier molecular flexibility index (Phi) is 7.43. The van der Waals surface area contributed by atoms with E-state index >= 15 is 0 Å². The Hall–Kier alpha value is -3.04. The monoisotopic (exact) mass is 496 g/mol. The Morgan fingerprint density at radius 2 is 1.94 bits per heavy atom. The molecule has 1 aromatic heterocycles. The van der Waals surface area contributed by atoms with Crippen LogP contribution in [0.15, 0.2) is 63.8 Å². The molecule has 2 aromatic carbocycles. The number of amidine groups is 1. The molecule has 7 nitrogen and oxygen atoms in total. The molecule has 0 saturated heterocycles. The van der Waals surface area contributed by atoms with Crippen molar-refractivity contribution in [2.75, 3.05) is 6.54 Å². The molecule has 9 heteroatoms. The smallest absolute Gasteiger partial charge is 0.263 e. The predicted molar refractivity (Wildman–Crippen MR) is 136 cm³/mol. The zero-order valence-corrected chi connectivity index (χ0v) is 20.9. The quantitative estimate of drug-likeness (QED) is 0.466. The summed E-state index contributed by atoms with van der Waals surface area (Å²) in [6.45, 7) is 4.51. The van der Waals surface area contributed by atoms with E-state index in [1.807, 2.05) is 31.4 Å². The first-order chi connectivity index (χ1) is 16.4. The van der Waals surface area contributed by atoms with E-state index in [4.69, 9.17) is 0 Å². The van der Waals surface area contributed by atoms with Crippen molar-refractivity contribution in [3.63, 3.8) is 0 Å². The van der Waals surface area contributed by atoms with Crippen LogP contribution in [0.5, 0.6) is 0 Å². The van der Waals surface area contributed by atoms with E-state index in [-0.39, 0.29) is 16.6 Å². The molecule has 1 aliphatic rings. The van der Waals surface area contributed by atoms with Crippen LogP contribution in [0.25, 0.3) is 11.3 Å². The lowest BCUT2D eigenvalue weighted by molar-refractivity contribution is -0.122. The number of rotatable bonds is 9. The maximum atomic E-state index is 12.9. The van der Waals surface area contributed by atoms with Crippen molar-refractivity contribution in [1.82, 2.24) is 15.0 Å². The van der Waals surface area contributed by atoms with Gasteiger partial charge in [-0.15, -0.1) is 11.3 Å². The Balaban J connectivity index is 1.40. The fourth-order valence-electron chi connectivity index (χ4n) is 3.82. The molecule has 1 atom stereocenters. The SMILES string of the molecule is CCCCC(N=C1NS(=O)(=O)c2ccccc21)C(=O)NCCc1ccc(-c2csc(C)n2)cc1. The number of carbonyl (C=O) groups is 1. The van der Waals surface area contributed by atoms with E-state index < -0.39 is 16.1 Å². The van der Waals surface area contributed by atoms with Gasteiger partial charge in [-0.2, -0.15) is 0 Å². The summed E-state index contributed by atoms with van der Waals surface area (Å²) in [6.07, 6.45) is 2.98. The molecule has 0 bridgehead atoms. The van der Waals surface area contributed by atoms with Crippen molar-refractivity contribution >= 4 is 33.1 Å². The molecule has 4 rings (SSSR count). The highest BCUT2D eigenvalue weighted by Crippen LogP contribution is 2.24. The van der Waals surface area contributed by atoms with Crippen LogP contribution in [0, 0.1) is 6.92 Å². The maximum Gasteiger partial charge on any atom is 0.263 e. The van der Waals surface area contributed by atoms with Gasteiger partial charge in [-0.3, -0.25) is 14.5 Å². The van der Waals surface area contributed by atoms with Crippen molar-refractivity contribution in [3.05, 3.63) is 70.0 Å². The normalized spacial score (nSPS) is 16.1. The molecular formula is C25H28N4O3S2. The number of nitrogens with one attached hydrogen (secondary N) is 2. The first-order valence-electron chi connectivity index (χ1n) is 11.4. The summed E-state index contributed by atoms with van der Waals surface area (Å²) in [5.74, 6) is 0.0406. The molecule has 2 heterocycles. The molecule has 3 aromatic rings. The number of aliphatic imine (C=N–C) groups is 1. The van der Waals surface area contributed by atoms with Crippen LogP contribution in [-0.2, 0) is 21.2 Å². The Morgan fingerprint density at radius 3 is 2.65 bits per heavy atom. The second-order valence-corrected chi connectivity index (χ2v) is 10.9. The number of nitrogens with zero attached hydrogens (tertiary/aromatic N) is 2. The molecule has 0 radical (unpaired) electrons. The standard InChI is InChI=1S/C25H28N4O3S2/c1-3-4-8-21(28-24-20-7-5-6-9-23(20)34(31,32)29-24)25(30)26-15-14-18-10-12-19(13-11-18)22-16-33-17(2)27-22/h5-7,9-13,16,21H,3-4,8,14-15H2,1-2H3,(H,26,30)(H,28,29). The minimum Gasteiger partial charge on any atom is -0.354 e. The van der Waals surface area contributed by atoms with Gasteiger partial charge in [0.1, 0.15) is 11.9 Å². The Bertz CT molecular complexity index is 1300. The zero-order chi connectivity index (χ0) is 24.1. The molecule has 178 valence electrons. The first-order valence-corrected chi connectivity index (χ1v) is 13.7. The van der Waals surface area contributed by atoms with E-state index in [1.54, 1.807) is 35.6 Å². The summed E-state index contributed by atoms with van der Waals surface area (Å²) >= 11 is 1.63. The average molecular weight is 497 g/mol. The summed E-state index contributed by atoms with van der Waals surface area (Å²) in [7, 11) is -3.64. The number of benzene rings is 2. The number of fused-ring (bicyclic) bond motifs is 1. The van der Waals surface area contributed by atoms with Gasteiger partial charge in [0.2, 0.25) is 5.91 Å².